The molecule has 1 heterocycles. The van der Waals surface area contributed by atoms with Crippen LogP contribution in [0.15, 0.2) is 36.5 Å². The third-order valence-corrected chi connectivity index (χ3v) is 3.29. The molecule has 0 unspecified atom stereocenters. The number of H-pyrrole nitrogens is 1. The molecule has 4 heteroatoms. The number of aromatic amines is 1. The summed E-state index contributed by atoms with van der Waals surface area (Å²) in [6, 6.07) is 10.5. The van der Waals surface area contributed by atoms with E-state index >= 15 is 0 Å². The Hall–Kier alpha value is -1.81. The number of aryl methyl sites for hydroxylation is 1. The van der Waals surface area contributed by atoms with Crippen LogP contribution in [0.1, 0.15) is 17.7 Å². The first-order valence-electron chi connectivity index (χ1n) is 6.73. The Morgan fingerprint density at radius 2 is 2.05 bits per heavy atom. The second kappa shape index (κ2) is 6.95. The van der Waals surface area contributed by atoms with Gasteiger partial charge in [-0.25, -0.2) is 0 Å². The average Bonchev–Trinajstić information content (AvgIpc) is 2.85. The van der Waals surface area contributed by atoms with Crippen LogP contribution >= 0.6 is 0 Å². The Bertz CT molecular complexity index is 478. The molecule has 0 amide bonds. The smallest absolute Gasteiger partial charge is 0.0535 e. The lowest BCUT2D eigenvalue weighted by Gasteiger charge is -2.19. The van der Waals surface area contributed by atoms with E-state index in [-0.39, 0.29) is 0 Å². The van der Waals surface area contributed by atoms with Crippen LogP contribution in [0.25, 0.3) is 0 Å². The predicted molar refractivity (Wildman–Crippen MR) is 79.4 cm³/mol. The minimum atomic E-state index is 0.886. The van der Waals surface area contributed by atoms with Gasteiger partial charge >= 0.3 is 0 Å². The molecule has 0 aliphatic rings. The number of anilines is 1. The summed E-state index contributed by atoms with van der Waals surface area (Å²) in [5, 5.41) is 10.4. The molecule has 19 heavy (non-hydrogen) atoms. The fourth-order valence-electron chi connectivity index (χ4n) is 2.03. The molecule has 4 nitrogen and oxygen atoms in total. The number of nitrogens with zero attached hydrogens (tertiary/aromatic N) is 2. The van der Waals surface area contributed by atoms with Crippen molar-refractivity contribution in [2.45, 2.75) is 19.9 Å². The fourth-order valence-corrected chi connectivity index (χ4v) is 2.03. The monoisotopic (exact) mass is 258 g/mol. The molecular formula is C15H22N4. The molecule has 1 aromatic carbocycles. The number of rotatable bonds is 7. The van der Waals surface area contributed by atoms with Gasteiger partial charge in [-0.1, -0.05) is 18.2 Å². The lowest BCUT2D eigenvalue weighted by Crippen LogP contribution is -2.23. The van der Waals surface area contributed by atoms with Crippen molar-refractivity contribution in [3.63, 3.8) is 0 Å². The molecule has 0 aliphatic heterocycles. The third kappa shape index (κ3) is 4.10. The summed E-state index contributed by atoms with van der Waals surface area (Å²) in [7, 11) is 2.13. The van der Waals surface area contributed by atoms with E-state index in [1.54, 1.807) is 0 Å². The highest BCUT2D eigenvalue weighted by atomic mass is 15.1. The van der Waals surface area contributed by atoms with Crippen LogP contribution in [0, 0.1) is 6.92 Å². The zero-order chi connectivity index (χ0) is 13.5. The van der Waals surface area contributed by atoms with Crippen molar-refractivity contribution in [2.24, 2.45) is 0 Å². The van der Waals surface area contributed by atoms with E-state index in [2.05, 4.69) is 51.7 Å². The van der Waals surface area contributed by atoms with Gasteiger partial charge in [0.15, 0.2) is 0 Å². The maximum atomic E-state index is 4.02. The first kappa shape index (κ1) is 13.6. The Balaban J connectivity index is 1.63. The molecule has 0 spiro atoms. The Morgan fingerprint density at radius 3 is 2.74 bits per heavy atom. The van der Waals surface area contributed by atoms with Crippen molar-refractivity contribution < 1.29 is 0 Å². The van der Waals surface area contributed by atoms with Crippen LogP contribution < -0.4 is 10.2 Å². The quantitative estimate of drug-likeness (QED) is 0.749. The van der Waals surface area contributed by atoms with Crippen LogP contribution in [0.2, 0.25) is 0 Å². The molecule has 2 aromatic rings. The molecule has 0 bridgehead atoms. The normalized spacial score (nSPS) is 10.6. The van der Waals surface area contributed by atoms with Crippen LogP contribution in [-0.2, 0) is 6.54 Å². The van der Waals surface area contributed by atoms with E-state index in [9.17, 15) is 0 Å². The number of nitrogens with one attached hydrogen (secondary N) is 2. The van der Waals surface area contributed by atoms with Gasteiger partial charge in [0.05, 0.1) is 6.20 Å². The maximum Gasteiger partial charge on any atom is 0.0535 e. The van der Waals surface area contributed by atoms with E-state index in [0.29, 0.717) is 0 Å². The number of hydrogen-bond donors (Lipinski definition) is 2. The number of benzene rings is 1. The number of hydrogen-bond acceptors (Lipinski definition) is 3. The predicted octanol–water partition coefficient (Wildman–Crippen LogP) is 2.33. The summed E-state index contributed by atoms with van der Waals surface area (Å²) >= 11 is 0. The third-order valence-electron chi connectivity index (χ3n) is 3.29. The average molecular weight is 258 g/mol. The van der Waals surface area contributed by atoms with Crippen LogP contribution in [0.3, 0.4) is 0 Å². The first-order valence-corrected chi connectivity index (χ1v) is 6.73. The van der Waals surface area contributed by atoms with Gasteiger partial charge in [0.1, 0.15) is 0 Å². The molecule has 2 N–H and O–H groups in total. The van der Waals surface area contributed by atoms with Crippen LogP contribution in [0.5, 0.6) is 0 Å². The molecule has 1 aromatic heterocycles. The van der Waals surface area contributed by atoms with Gasteiger partial charge in [-0.2, -0.15) is 5.10 Å². The van der Waals surface area contributed by atoms with Gasteiger partial charge in [-0.05, 0) is 32.0 Å². The number of para-hydroxylation sites is 1. The summed E-state index contributed by atoms with van der Waals surface area (Å²) in [6.07, 6.45) is 3.01. The highest BCUT2D eigenvalue weighted by Gasteiger charge is 2.01. The van der Waals surface area contributed by atoms with Crippen molar-refractivity contribution in [1.82, 2.24) is 15.5 Å². The van der Waals surface area contributed by atoms with Gasteiger partial charge in [-0.15, -0.1) is 0 Å². The SMILES string of the molecule is Cc1[nH]ncc1CNCCCN(C)c1ccccc1. The summed E-state index contributed by atoms with van der Waals surface area (Å²) in [5.74, 6) is 0. The zero-order valence-corrected chi connectivity index (χ0v) is 11.7. The van der Waals surface area contributed by atoms with E-state index in [4.69, 9.17) is 0 Å². The Kier molecular flexibility index (Phi) is 4.98. The lowest BCUT2D eigenvalue weighted by molar-refractivity contribution is 0.644. The zero-order valence-electron chi connectivity index (χ0n) is 11.7. The van der Waals surface area contributed by atoms with Crippen molar-refractivity contribution in [3.8, 4) is 0 Å². The summed E-state index contributed by atoms with van der Waals surface area (Å²) in [5.41, 5.74) is 3.67. The molecule has 2 rings (SSSR count). The Morgan fingerprint density at radius 1 is 1.26 bits per heavy atom. The van der Waals surface area contributed by atoms with E-state index in [1.165, 1.54) is 11.3 Å². The van der Waals surface area contributed by atoms with Crippen molar-refractivity contribution in [1.29, 1.82) is 0 Å². The van der Waals surface area contributed by atoms with Gasteiger partial charge in [0, 0.05) is 37.1 Å². The molecule has 0 aliphatic carbocycles. The first-order chi connectivity index (χ1) is 9.27. The van der Waals surface area contributed by atoms with E-state index < -0.39 is 0 Å². The molecule has 0 saturated heterocycles. The van der Waals surface area contributed by atoms with E-state index in [0.717, 1.165) is 31.7 Å². The lowest BCUT2D eigenvalue weighted by atomic mass is 10.2. The van der Waals surface area contributed by atoms with Crippen LogP contribution in [-0.4, -0.2) is 30.3 Å². The highest BCUT2D eigenvalue weighted by molar-refractivity contribution is 5.44. The minimum Gasteiger partial charge on any atom is -0.375 e. The highest BCUT2D eigenvalue weighted by Crippen LogP contribution is 2.10. The second-order valence-electron chi connectivity index (χ2n) is 4.81. The maximum absolute atomic E-state index is 4.02. The van der Waals surface area contributed by atoms with Gasteiger partial charge in [0.2, 0.25) is 0 Å². The van der Waals surface area contributed by atoms with Crippen molar-refractivity contribution in [3.05, 3.63) is 47.8 Å². The topological polar surface area (TPSA) is 44.0 Å². The summed E-state index contributed by atoms with van der Waals surface area (Å²) < 4.78 is 0. The van der Waals surface area contributed by atoms with E-state index in [1.807, 2.05) is 19.2 Å². The molecule has 0 atom stereocenters. The largest absolute Gasteiger partial charge is 0.375 e. The Labute approximate surface area is 114 Å². The number of aromatic nitrogens is 2. The molecule has 102 valence electrons. The fraction of sp³-hybridized carbons (Fsp3) is 0.400. The second-order valence-corrected chi connectivity index (χ2v) is 4.81. The van der Waals surface area contributed by atoms with Gasteiger partial charge < -0.3 is 10.2 Å². The molecule has 0 radical (unpaired) electrons. The van der Waals surface area contributed by atoms with Crippen molar-refractivity contribution >= 4 is 5.69 Å². The summed E-state index contributed by atoms with van der Waals surface area (Å²) in [6.45, 7) is 5.01. The summed E-state index contributed by atoms with van der Waals surface area (Å²) in [4.78, 5) is 2.28. The molecular weight excluding hydrogens is 236 g/mol. The van der Waals surface area contributed by atoms with Crippen LogP contribution in [0.4, 0.5) is 5.69 Å². The molecule has 0 fully saturated rings. The standard InChI is InChI=1S/C15H22N4/c1-13-14(12-17-18-13)11-16-9-6-10-19(2)15-7-4-3-5-8-15/h3-5,7-8,12,16H,6,9-11H2,1-2H3,(H,17,18). The van der Waals surface area contributed by atoms with Crippen molar-refractivity contribution in [2.75, 3.05) is 25.0 Å². The minimum absolute atomic E-state index is 0.886. The van der Waals surface area contributed by atoms with Gasteiger partial charge in [0.25, 0.3) is 0 Å². The van der Waals surface area contributed by atoms with Gasteiger partial charge in [-0.3, -0.25) is 5.10 Å². The molecule has 0 saturated carbocycles.